The molecule has 1 N–H and O–H groups in total. The van der Waals surface area contributed by atoms with E-state index < -0.39 is 0 Å². The summed E-state index contributed by atoms with van der Waals surface area (Å²) in [6.07, 6.45) is 2.43. The van der Waals surface area contributed by atoms with Gasteiger partial charge in [-0.1, -0.05) is 30.3 Å². The van der Waals surface area contributed by atoms with Crippen molar-refractivity contribution in [2.24, 2.45) is 0 Å². The summed E-state index contributed by atoms with van der Waals surface area (Å²) < 4.78 is 5.51. The van der Waals surface area contributed by atoms with Crippen LogP contribution in [0.15, 0.2) is 60.7 Å². The van der Waals surface area contributed by atoms with E-state index in [-0.39, 0.29) is 0 Å². The number of nitrogens with zero attached hydrogens (tertiary/aromatic N) is 3. The van der Waals surface area contributed by atoms with E-state index in [1.165, 1.54) is 12.8 Å². The van der Waals surface area contributed by atoms with Crippen molar-refractivity contribution in [1.82, 2.24) is 9.97 Å². The molecule has 0 spiro atoms. The van der Waals surface area contributed by atoms with E-state index in [9.17, 15) is 0 Å². The fourth-order valence-corrected chi connectivity index (χ4v) is 3.29. The van der Waals surface area contributed by atoms with Crippen molar-refractivity contribution in [2.75, 3.05) is 29.9 Å². The maximum Gasteiger partial charge on any atom is 0.229 e. The molecule has 3 aromatic rings. The van der Waals surface area contributed by atoms with Crippen LogP contribution in [0.1, 0.15) is 19.8 Å². The molecule has 1 fully saturated rings. The highest BCUT2D eigenvalue weighted by atomic mass is 16.5. The van der Waals surface area contributed by atoms with Crippen LogP contribution in [-0.4, -0.2) is 29.7 Å². The average molecular weight is 360 g/mol. The molecule has 0 amide bonds. The first-order valence-electron chi connectivity index (χ1n) is 9.51. The number of aromatic nitrogens is 2. The average Bonchev–Trinajstić information content (AvgIpc) is 3.25. The summed E-state index contributed by atoms with van der Waals surface area (Å²) in [4.78, 5) is 11.8. The Kier molecular flexibility index (Phi) is 5.19. The van der Waals surface area contributed by atoms with Crippen LogP contribution >= 0.6 is 0 Å². The minimum absolute atomic E-state index is 0.613. The molecule has 0 bridgehead atoms. The van der Waals surface area contributed by atoms with Crippen molar-refractivity contribution < 1.29 is 4.74 Å². The van der Waals surface area contributed by atoms with Gasteiger partial charge in [0.05, 0.1) is 12.3 Å². The highest BCUT2D eigenvalue weighted by Crippen LogP contribution is 2.27. The third kappa shape index (κ3) is 4.19. The summed E-state index contributed by atoms with van der Waals surface area (Å²) in [6.45, 7) is 4.74. The molecule has 2 heterocycles. The minimum atomic E-state index is 0.613. The van der Waals surface area contributed by atoms with E-state index in [0.29, 0.717) is 12.6 Å². The lowest BCUT2D eigenvalue weighted by molar-refractivity contribution is 0.340. The lowest BCUT2D eigenvalue weighted by atomic mass is 10.1. The molecule has 27 heavy (non-hydrogen) atoms. The Balaban J connectivity index is 1.65. The zero-order valence-electron chi connectivity index (χ0n) is 15.6. The van der Waals surface area contributed by atoms with E-state index in [1.54, 1.807) is 0 Å². The van der Waals surface area contributed by atoms with Crippen LogP contribution in [0.25, 0.3) is 11.3 Å². The SMILES string of the molecule is CCOc1ccc(Nc2nc(-c3ccccc3)cc(N3CCCC3)n2)cc1. The molecule has 1 aliphatic heterocycles. The monoisotopic (exact) mass is 360 g/mol. The molecule has 5 heteroatoms. The highest BCUT2D eigenvalue weighted by molar-refractivity contribution is 5.66. The van der Waals surface area contributed by atoms with Gasteiger partial charge in [-0.25, -0.2) is 4.98 Å². The van der Waals surface area contributed by atoms with Crippen molar-refractivity contribution in [1.29, 1.82) is 0 Å². The number of hydrogen-bond acceptors (Lipinski definition) is 5. The fourth-order valence-electron chi connectivity index (χ4n) is 3.29. The van der Waals surface area contributed by atoms with Crippen LogP contribution in [0.5, 0.6) is 5.75 Å². The number of ether oxygens (including phenoxy) is 1. The van der Waals surface area contributed by atoms with Gasteiger partial charge in [0.1, 0.15) is 11.6 Å². The van der Waals surface area contributed by atoms with Gasteiger partial charge in [-0.05, 0) is 44.0 Å². The van der Waals surface area contributed by atoms with E-state index >= 15 is 0 Å². The van der Waals surface area contributed by atoms with Crippen LogP contribution < -0.4 is 15.0 Å². The van der Waals surface area contributed by atoms with Crippen LogP contribution in [0.3, 0.4) is 0 Å². The van der Waals surface area contributed by atoms with Gasteiger partial charge in [-0.3, -0.25) is 0 Å². The predicted molar refractivity (Wildman–Crippen MR) is 110 cm³/mol. The third-order valence-corrected chi connectivity index (χ3v) is 4.63. The molecule has 0 saturated carbocycles. The normalized spacial score (nSPS) is 13.6. The van der Waals surface area contributed by atoms with Crippen molar-refractivity contribution in [2.45, 2.75) is 19.8 Å². The lowest BCUT2D eigenvalue weighted by Gasteiger charge is -2.18. The van der Waals surface area contributed by atoms with Gasteiger partial charge in [0.15, 0.2) is 0 Å². The predicted octanol–water partition coefficient (Wildman–Crippen LogP) is 4.89. The maximum atomic E-state index is 5.51. The Labute approximate surface area is 160 Å². The zero-order valence-corrected chi connectivity index (χ0v) is 15.6. The van der Waals surface area contributed by atoms with Gasteiger partial charge in [0.25, 0.3) is 0 Å². The van der Waals surface area contributed by atoms with Crippen molar-refractivity contribution in [3.8, 4) is 17.0 Å². The summed E-state index contributed by atoms with van der Waals surface area (Å²) >= 11 is 0. The molecule has 138 valence electrons. The molecule has 1 aliphatic rings. The fraction of sp³-hybridized carbons (Fsp3) is 0.273. The van der Waals surface area contributed by atoms with Gasteiger partial charge in [0.2, 0.25) is 5.95 Å². The quantitative estimate of drug-likeness (QED) is 0.678. The lowest BCUT2D eigenvalue weighted by Crippen LogP contribution is -2.19. The highest BCUT2D eigenvalue weighted by Gasteiger charge is 2.16. The van der Waals surface area contributed by atoms with E-state index in [1.807, 2.05) is 49.4 Å². The first kappa shape index (κ1) is 17.3. The Morgan fingerprint density at radius 3 is 2.41 bits per heavy atom. The second kappa shape index (κ2) is 8.08. The van der Waals surface area contributed by atoms with Gasteiger partial charge in [-0.2, -0.15) is 4.98 Å². The molecule has 0 atom stereocenters. The molecule has 5 nitrogen and oxygen atoms in total. The summed E-state index contributed by atoms with van der Waals surface area (Å²) in [7, 11) is 0. The zero-order chi connectivity index (χ0) is 18.5. The van der Waals surface area contributed by atoms with Crippen molar-refractivity contribution in [3.05, 3.63) is 60.7 Å². The van der Waals surface area contributed by atoms with E-state index in [0.717, 1.165) is 41.6 Å². The summed E-state index contributed by atoms with van der Waals surface area (Å²) in [5.74, 6) is 2.46. The molecular weight excluding hydrogens is 336 g/mol. The Bertz CT molecular complexity index is 875. The molecule has 4 rings (SSSR count). The molecule has 0 aliphatic carbocycles. The van der Waals surface area contributed by atoms with Crippen LogP contribution in [0, 0.1) is 0 Å². The topological polar surface area (TPSA) is 50.3 Å². The molecule has 0 unspecified atom stereocenters. The minimum Gasteiger partial charge on any atom is -0.494 e. The Hall–Kier alpha value is -3.08. The molecule has 1 aromatic heterocycles. The standard InChI is InChI=1S/C22H24N4O/c1-2-27-19-12-10-18(11-13-19)23-22-24-20(17-8-4-3-5-9-17)16-21(25-22)26-14-6-7-15-26/h3-5,8-13,16H,2,6-7,14-15H2,1H3,(H,23,24,25). The Morgan fingerprint density at radius 1 is 0.963 bits per heavy atom. The van der Waals surface area contributed by atoms with Gasteiger partial charge < -0.3 is 15.0 Å². The molecule has 1 saturated heterocycles. The molecule has 2 aromatic carbocycles. The number of rotatable bonds is 6. The summed E-state index contributed by atoms with van der Waals surface area (Å²) in [5, 5.41) is 3.34. The van der Waals surface area contributed by atoms with Gasteiger partial charge in [0, 0.05) is 30.4 Å². The first-order chi connectivity index (χ1) is 13.3. The smallest absolute Gasteiger partial charge is 0.229 e. The van der Waals surface area contributed by atoms with Crippen LogP contribution in [0.4, 0.5) is 17.5 Å². The first-order valence-corrected chi connectivity index (χ1v) is 9.51. The third-order valence-electron chi connectivity index (χ3n) is 4.63. The number of hydrogen-bond donors (Lipinski definition) is 1. The van der Waals surface area contributed by atoms with Crippen LogP contribution in [-0.2, 0) is 0 Å². The second-order valence-electron chi connectivity index (χ2n) is 6.58. The van der Waals surface area contributed by atoms with Gasteiger partial charge in [-0.15, -0.1) is 0 Å². The maximum absolute atomic E-state index is 5.51. The Morgan fingerprint density at radius 2 is 1.70 bits per heavy atom. The van der Waals surface area contributed by atoms with E-state index in [2.05, 4.69) is 28.4 Å². The summed E-state index contributed by atoms with van der Waals surface area (Å²) in [6, 6.07) is 20.2. The largest absolute Gasteiger partial charge is 0.494 e. The van der Waals surface area contributed by atoms with Crippen molar-refractivity contribution in [3.63, 3.8) is 0 Å². The van der Waals surface area contributed by atoms with E-state index in [4.69, 9.17) is 14.7 Å². The number of benzene rings is 2. The molecule has 0 radical (unpaired) electrons. The van der Waals surface area contributed by atoms with Crippen molar-refractivity contribution >= 4 is 17.5 Å². The number of nitrogens with one attached hydrogen (secondary N) is 1. The summed E-state index contributed by atoms with van der Waals surface area (Å²) in [5.41, 5.74) is 2.96. The number of anilines is 3. The second-order valence-corrected chi connectivity index (χ2v) is 6.58. The molecular formula is C22H24N4O. The van der Waals surface area contributed by atoms with Crippen LogP contribution in [0.2, 0.25) is 0 Å². The van der Waals surface area contributed by atoms with Gasteiger partial charge >= 0.3 is 0 Å².